The van der Waals surface area contributed by atoms with Crippen LogP contribution >= 0.6 is 0 Å². The van der Waals surface area contributed by atoms with Crippen molar-refractivity contribution < 1.29 is 9.59 Å². The molecule has 1 spiro atoms. The molecule has 1 aliphatic heterocycles. The highest BCUT2D eigenvalue weighted by atomic mass is 16.2. The van der Waals surface area contributed by atoms with Crippen LogP contribution in [-0.2, 0) is 11.0 Å². The lowest BCUT2D eigenvalue weighted by Gasteiger charge is -2.51. The first-order chi connectivity index (χ1) is 28.1. The molecule has 268 valence electrons. The van der Waals surface area contributed by atoms with E-state index in [9.17, 15) is 4.79 Å². The third kappa shape index (κ3) is 3.78. The molecule has 1 aromatic heterocycles. The number of fused-ring (bicyclic) bond motifs is 13. The lowest BCUT2D eigenvalue weighted by Crippen LogP contribution is -2.48. The SMILES string of the molecule is Cc1ccc(C2(n3c4ccccc4c4ccccc43)c3ccccc3C3(c4ccccc4-c4ccccc43)c3ccccc32)c2c1C(=O)N(c1ccccc1)C2=O. The molecule has 0 fully saturated rings. The lowest BCUT2D eigenvalue weighted by molar-refractivity contribution is 0.0925. The van der Waals surface area contributed by atoms with Crippen LogP contribution in [0.25, 0.3) is 32.9 Å². The number of hydrogen-bond acceptors (Lipinski definition) is 2. The fourth-order valence-corrected chi connectivity index (χ4v) is 10.9. The van der Waals surface area contributed by atoms with Crippen molar-refractivity contribution >= 4 is 39.3 Å². The van der Waals surface area contributed by atoms with Gasteiger partial charge in [0.1, 0.15) is 5.54 Å². The summed E-state index contributed by atoms with van der Waals surface area (Å²) in [7, 11) is 0. The van der Waals surface area contributed by atoms with Crippen molar-refractivity contribution in [2.75, 3.05) is 4.90 Å². The lowest BCUT2D eigenvalue weighted by atomic mass is 9.55. The van der Waals surface area contributed by atoms with E-state index in [-0.39, 0.29) is 11.8 Å². The molecule has 3 aliphatic rings. The van der Waals surface area contributed by atoms with E-state index in [2.05, 4.69) is 156 Å². The summed E-state index contributed by atoms with van der Waals surface area (Å²) < 4.78 is 2.48. The van der Waals surface area contributed by atoms with Crippen LogP contribution in [0.5, 0.6) is 0 Å². The Morgan fingerprint density at radius 1 is 0.386 bits per heavy atom. The summed E-state index contributed by atoms with van der Waals surface area (Å²) in [5, 5.41) is 2.24. The third-order valence-corrected chi connectivity index (χ3v) is 13.0. The smallest absolute Gasteiger partial charge is 0.266 e. The van der Waals surface area contributed by atoms with E-state index in [0.717, 1.165) is 55.2 Å². The van der Waals surface area contributed by atoms with Gasteiger partial charge in [0.05, 0.1) is 33.3 Å². The first-order valence-electron chi connectivity index (χ1n) is 19.5. The number of amides is 2. The first kappa shape index (κ1) is 32.0. The van der Waals surface area contributed by atoms with Crippen LogP contribution < -0.4 is 4.90 Å². The maximum absolute atomic E-state index is 15.4. The van der Waals surface area contributed by atoms with Gasteiger partial charge in [-0.15, -0.1) is 0 Å². The third-order valence-electron chi connectivity index (χ3n) is 13.0. The summed E-state index contributed by atoms with van der Waals surface area (Å²) in [6.07, 6.45) is 0. The quantitative estimate of drug-likeness (QED) is 0.170. The zero-order valence-electron chi connectivity index (χ0n) is 31.1. The molecule has 9 aromatic rings. The van der Waals surface area contributed by atoms with E-state index >= 15 is 4.79 Å². The first-order valence-corrected chi connectivity index (χ1v) is 19.5. The van der Waals surface area contributed by atoms with Crippen LogP contribution in [0, 0.1) is 6.92 Å². The van der Waals surface area contributed by atoms with Crippen molar-refractivity contribution in [2.45, 2.75) is 17.9 Å². The predicted octanol–water partition coefficient (Wildman–Crippen LogP) is 11.4. The van der Waals surface area contributed by atoms with Crippen molar-refractivity contribution in [1.29, 1.82) is 0 Å². The van der Waals surface area contributed by atoms with Gasteiger partial charge >= 0.3 is 0 Å². The molecule has 2 amide bonds. The maximum atomic E-state index is 15.4. The number of nitrogens with zero attached hydrogens (tertiary/aromatic N) is 2. The molecule has 2 aliphatic carbocycles. The predicted molar refractivity (Wildman–Crippen MR) is 227 cm³/mol. The molecule has 4 nitrogen and oxygen atoms in total. The van der Waals surface area contributed by atoms with Gasteiger partial charge in [-0.25, -0.2) is 4.90 Å². The molecular formula is C53H34N2O2. The highest BCUT2D eigenvalue weighted by molar-refractivity contribution is 6.35. The molecule has 0 saturated carbocycles. The Bertz CT molecular complexity index is 3060. The van der Waals surface area contributed by atoms with Gasteiger partial charge in [0.25, 0.3) is 11.8 Å². The van der Waals surface area contributed by atoms with Crippen molar-refractivity contribution in [1.82, 2.24) is 4.57 Å². The molecule has 0 N–H and O–H groups in total. The van der Waals surface area contributed by atoms with Crippen LogP contribution in [0.15, 0.2) is 188 Å². The van der Waals surface area contributed by atoms with Gasteiger partial charge in [-0.1, -0.05) is 164 Å². The largest absolute Gasteiger partial charge is 0.322 e. The molecule has 57 heavy (non-hydrogen) atoms. The van der Waals surface area contributed by atoms with E-state index in [0.29, 0.717) is 16.8 Å². The summed E-state index contributed by atoms with van der Waals surface area (Å²) in [4.78, 5) is 31.5. The minimum absolute atomic E-state index is 0.301. The number of aromatic nitrogens is 1. The number of benzene rings is 8. The maximum Gasteiger partial charge on any atom is 0.266 e. The van der Waals surface area contributed by atoms with Gasteiger partial charge in [0.2, 0.25) is 0 Å². The molecule has 8 aromatic carbocycles. The van der Waals surface area contributed by atoms with Gasteiger partial charge in [0, 0.05) is 16.3 Å². The summed E-state index contributed by atoms with van der Waals surface area (Å²) in [5.74, 6) is -0.614. The summed E-state index contributed by atoms with van der Waals surface area (Å²) in [5.41, 5.74) is 12.6. The number of para-hydroxylation sites is 3. The highest BCUT2D eigenvalue weighted by Gasteiger charge is 2.59. The van der Waals surface area contributed by atoms with Gasteiger partial charge in [-0.3, -0.25) is 9.59 Å². The van der Waals surface area contributed by atoms with Crippen LogP contribution in [0.3, 0.4) is 0 Å². The zero-order chi connectivity index (χ0) is 38.0. The Morgan fingerprint density at radius 2 is 0.825 bits per heavy atom. The number of carbonyl (C=O) groups excluding carboxylic acids is 2. The van der Waals surface area contributed by atoms with E-state index in [1.165, 1.54) is 27.2 Å². The summed E-state index contributed by atoms with van der Waals surface area (Å²) in [6, 6.07) is 66.0. The van der Waals surface area contributed by atoms with Crippen molar-refractivity contribution in [3.63, 3.8) is 0 Å². The Morgan fingerprint density at radius 3 is 1.39 bits per heavy atom. The van der Waals surface area contributed by atoms with Crippen molar-refractivity contribution in [3.05, 3.63) is 244 Å². The molecule has 4 heteroatoms. The van der Waals surface area contributed by atoms with Gasteiger partial charge < -0.3 is 4.57 Å². The molecule has 2 heterocycles. The second-order valence-electron chi connectivity index (χ2n) is 15.5. The molecule has 0 radical (unpaired) electrons. The Hall–Kier alpha value is -7.30. The van der Waals surface area contributed by atoms with E-state index in [1.54, 1.807) is 0 Å². The monoisotopic (exact) mass is 730 g/mol. The molecule has 0 unspecified atom stereocenters. The standard InChI is InChI=1S/C53H34N2O2/c1-33-31-32-45(49-48(33)50(56)54(51(49)57)34-17-3-2-4-18-34)53(55-46-29-15-7-21-37(46)38-22-8-16-30-47(38)55)43-27-13-11-25-41(43)52(42-26-12-14-28-44(42)53)39-23-9-5-19-35(39)36-20-6-10-24-40(36)52/h2-32H,1H3. The number of carbonyl (C=O) groups is 2. The average Bonchev–Trinajstić information content (AvgIpc) is 3.86. The van der Waals surface area contributed by atoms with E-state index in [4.69, 9.17) is 0 Å². The Kier molecular flexibility index (Phi) is 6.38. The fraction of sp³-hybridized carbons (Fsp3) is 0.0566. The Labute approximate surface area is 329 Å². The number of anilines is 1. The Balaban J connectivity index is 1.32. The molecule has 0 bridgehead atoms. The normalized spacial score (nSPS) is 15.4. The number of aryl methyl sites for hydroxylation is 1. The molecule has 12 rings (SSSR count). The summed E-state index contributed by atoms with van der Waals surface area (Å²) >= 11 is 0. The molecule has 0 saturated heterocycles. The van der Waals surface area contributed by atoms with Crippen LogP contribution in [0.1, 0.15) is 65.2 Å². The number of rotatable bonds is 3. The van der Waals surface area contributed by atoms with E-state index in [1.807, 2.05) is 43.3 Å². The van der Waals surface area contributed by atoms with Crippen LogP contribution in [0.4, 0.5) is 5.69 Å². The summed E-state index contributed by atoms with van der Waals surface area (Å²) in [6.45, 7) is 1.94. The minimum Gasteiger partial charge on any atom is -0.322 e. The molecular weight excluding hydrogens is 697 g/mol. The number of hydrogen-bond donors (Lipinski definition) is 0. The van der Waals surface area contributed by atoms with Gasteiger partial charge in [0.15, 0.2) is 0 Å². The van der Waals surface area contributed by atoms with Crippen LogP contribution in [0.2, 0.25) is 0 Å². The van der Waals surface area contributed by atoms with Crippen molar-refractivity contribution in [3.8, 4) is 11.1 Å². The fourth-order valence-electron chi connectivity index (χ4n) is 10.9. The van der Waals surface area contributed by atoms with E-state index < -0.39 is 11.0 Å². The minimum atomic E-state index is -1.12. The molecule has 0 atom stereocenters. The second-order valence-corrected chi connectivity index (χ2v) is 15.5. The van der Waals surface area contributed by atoms with Gasteiger partial charge in [-0.05, 0) is 81.3 Å². The van der Waals surface area contributed by atoms with Crippen LogP contribution in [-0.4, -0.2) is 16.4 Å². The number of imide groups is 1. The topological polar surface area (TPSA) is 42.3 Å². The highest BCUT2D eigenvalue weighted by Crippen LogP contribution is 2.64. The average molecular weight is 731 g/mol. The zero-order valence-corrected chi connectivity index (χ0v) is 31.1. The van der Waals surface area contributed by atoms with Gasteiger partial charge in [-0.2, -0.15) is 0 Å². The van der Waals surface area contributed by atoms with Crippen molar-refractivity contribution in [2.24, 2.45) is 0 Å². The second kappa shape index (κ2) is 11.4.